The molecule has 3 aromatic carbocycles. The number of carboxylic acids is 1. The fourth-order valence-corrected chi connectivity index (χ4v) is 17.1. The molecule has 9 aromatic heterocycles. The van der Waals surface area contributed by atoms with Gasteiger partial charge in [-0.1, -0.05) is 75.6 Å². The smallest absolute Gasteiger partial charge is 0.333 e. The number of carbonyl (C=O) groups excluding carboxylic acids is 2. The first-order chi connectivity index (χ1) is 59.1. The molecule has 0 aliphatic carbocycles. The Morgan fingerprint density at radius 2 is 0.694 bits per heavy atom. The van der Waals surface area contributed by atoms with Gasteiger partial charge in [0.1, 0.15) is 88.5 Å². The van der Waals surface area contributed by atoms with Crippen LogP contribution >= 0.6 is 34.0 Å². The van der Waals surface area contributed by atoms with Crippen LogP contribution in [0.3, 0.4) is 0 Å². The van der Waals surface area contributed by atoms with E-state index in [2.05, 4.69) is 30.6 Å². The van der Waals surface area contributed by atoms with Crippen molar-refractivity contribution in [2.45, 2.75) is 177 Å². The summed E-state index contributed by atoms with van der Waals surface area (Å²) >= 11 is 3.36. The number of aryl methyl sites for hydroxylation is 3. The highest BCUT2D eigenvalue weighted by molar-refractivity contribution is 7.22. The largest absolute Gasteiger partial charge is 0.496 e. The van der Waals surface area contributed by atoms with E-state index in [1.807, 2.05) is 59.8 Å². The van der Waals surface area contributed by atoms with Gasteiger partial charge in [0.2, 0.25) is 0 Å². The summed E-state index contributed by atoms with van der Waals surface area (Å²) in [7, 11) is 4.26. The van der Waals surface area contributed by atoms with Crippen molar-refractivity contribution >= 4 is 82.2 Å². The summed E-state index contributed by atoms with van der Waals surface area (Å²) < 4.78 is 83.8. The fraction of sp³-hybridized carbons (Fsp3) is 0.422. The van der Waals surface area contributed by atoms with Crippen molar-refractivity contribution in [3.05, 3.63) is 205 Å². The summed E-state index contributed by atoms with van der Waals surface area (Å²) in [6.07, 6.45) is 6.57. The van der Waals surface area contributed by atoms with Gasteiger partial charge in [0, 0.05) is 46.2 Å². The van der Waals surface area contributed by atoms with Crippen LogP contribution in [0.25, 0.3) is 45.7 Å². The number of thiophene rings is 3. The van der Waals surface area contributed by atoms with Crippen LogP contribution in [-0.4, -0.2) is 142 Å². The normalized spacial score (nSPS) is 12.8. The standard InChI is InChI=1S/2C28H31FN6O5S.C24H23FN6O6S.C3H9N/c2*1-16(2)13-21(36)18(4)34-25(37)24-17(3)26(35-31-10-11-32-35)41-27(24)33(28(34)38)15-23(40-12-6-9-30)20-14-19(29)7-8-22(20)39-5;1-13-19-20(32)30(14(2)23(33)34)24(35)29(22(19)38-21(13)31-27-8-9-28-31)12-18(37-10-4-7-26)16-11-15(25)5-6-17(16)36-3;1-3(2)4/h2*7-8,10-11,14,16,18,23H,6,12-13,15H2,1-5H3;5-6,8-9,11,14,18H,4,10,12H2,1-3H3,(H,33,34);3H,4H2,1-2H3/t18?,23-;18-,23+;14?,18-;/m010./s1. The van der Waals surface area contributed by atoms with Crippen molar-refractivity contribution in [1.82, 2.24) is 72.4 Å². The zero-order valence-corrected chi connectivity index (χ0v) is 73.1. The summed E-state index contributed by atoms with van der Waals surface area (Å²) in [5.74, 6) is -2.51. The van der Waals surface area contributed by atoms with Crippen LogP contribution < -0.4 is 53.7 Å². The van der Waals surface area contributed by atoms with Gasteiger partial charge in [-0.25, -0.2) is 46.1 Å². The molecule has 0 aliphatic heterocycles. The summed E-state index contributed by atoms with van der Waals surface area (Å²) in [4.78, 5) is 126. The molecule has 0 fully saturated rings. The topological polar surface area (TPSA) is 448 Å². The minimum absolute atomic E-state index is 0.00751. The van der Waals surface area contributed by atoms with E-state index in [1.165, 1.54) is 162 Å². The Balaban J connectivity index is 0.000000206. The van der Waals surface area contributed by atoms with Crippen molar-refractivity contribution in [3.8, 4) is 50.5 Å². The van der Waals surface area contributed by atoms with Crippen LogP contribution in [0, 0.1) is 84.1 Å². The van der Waals surface area contributed by atoms with Crippen molar-refractivity contribution in [3.63, 3.8) is 0 Å². The zero-order chi connectivity index (χ0) is 90.8. The van der Waals surface area contributed by atoms with Gasteiger partial charge < -0.3 is 39.3 Å². The lowest BCUT2D eigenvalue weighted by atomic mass is 10.0. The van der Waals surface area contributed by atoms with E-state index >= 15 is 0 Å². The second kappa shape index (κ2) is 42.9. The molecule has 0 radical (unpaired) electrons. The monoisotopic (exact) mass is 1770 g/mol. The predicted octanol–water partition coefficient (Wildman–Crippen LogP) is 11.2. The Kier molecular flexibility index (Phi) is 32.9. The van der Waals surface area contributed by atoms with E-state index in [1.54, 1.807) is 20.8 Å². The van der Waals surface area contributed by atoms with Crippen molar-refractivity contribution < 1.29 is 61.1 Å². The fourth-order valence-electron chi connectivity index (χ4n) is 13.5. The molecule has 6 atom stereocenters. The SMILES string of the molecule is CC(C)N.COc1ccc(F)cc1[C@H](Cn1c(=O)n(C(C)C(=O)CC(C)C)c(=O)c2c(C)c(-n3nccn3)sc21)OCCC#N.COc1ccc(F)cc1[C@H](Cn1c(=O)n(C(C)C(=O)O)c(=O)c2c(C)c(-n3nccn3)sc21)OCCC#N.COc1ccc(F)cc1[C@H](Cn1c(=O)n([C@H](C)C(=O)CC(C)C)c(=O)c2c(C)c(-n3nccn3)sc21)OCCC#N. The number of carboxylic acid groups (broad SMARTS) is 1. The van der Waals surface area contributed by atoms with E-state index in [0.717, 1.165) is 43.1 Å². The molecule has 656 valence electrons. The first-order valence-electron chi connectivity index (χ1n) is 39.0. The third-order valence-corrected chi connectivity index (χ3v) is 23.2. The lowest BCUT2D eigenvalue weighted by molar-refractivity contribution is -0.140. The number of ketones is 2. The van der Waals surface area contributed by atoms with Gasteiger partial charge >= 0.3 is 23.0 Å². The number of carbonyl (C=O) groups is 3. The number of halogens is 3. The maximum atomic E-state index is 14.4. The number of hydrogen-bond acceptors (Lipinski definition) is 28. The van der Waals surface area contributed by atoms with Gasteiger partial charge in [0.25, 0.3) is 16.7 Å². The van der Waals surface area contributed by atoms with Crippen LogP contribution in [0.15, 0.2) is 121 Å². The molecule has 3 N–H and O–H groups in total. The molecule has 41 heteroatoms. The lowest BCUT2D eigenvalue weighted by Gasteiger charge is -2.23. The average molecular weight is 1770 g/mol. The number of nitriles is 3. The molecule has 0 bridgehead atoms. The summed E-state index contributed by atoms with van der Waals surface area (Å²) in [5.41, 5.74) is 3.32. The number of ether oxygens (including phenoxy) is 6. The van der Waals surface area contributed by atoms with Crippen LogP contribution in [0.4, 0.5) is 13.2 Å². The number of aliphatic carboxylic acids is 1. The van der Waals surface area contributed by atoms with Gasteiger partial charge in [-0.2, -0.15) is 46.4 Å². The second-order valence-electron chi connectivity index (χ2n) is 29.5. The molecule has 0 spiro atoms. The first-order valence-corrected chi connectivity index (χ1v) is 41.5. The van der Waals surface area contributed by atoms with E-state index in [0.29, 0.717) is 74.6 Å². The zero-order valence-electron chi connectivity index (χ0n) is 70.7. The first kappa shape index (κ1) is 95.2. The van der Waals surface area contributed by atoms with Gasteiger partial charge in [-0.15, -0.1) is 14.4 Å². The number of nitrogens with two attached hydrogens (primary N) is 1. The molecule has 12 aromatic rings. The molecule has 35 nitrogen and oxygen atoms in total. The number of rotatable bonds is 34. The Labute approximate surface area is 719 Å². The van der Waals surface area contributed by atoms with Gasteiger partial charge in [-0.05, 0) is 114 Å². The van der Waals surface area contributed by atoms with Crippen LogP contribution in [0.2, 0.25) is 0 Å². The molecular weight excluding hydrogens is 1670 g/mol. The Morgan fingerprint density at radius 1 is 0.444 bits per heavy atom. The van der Waals surface area contributed by atoms with Crippen molar-refractivity contribution in [1.29, 1.82) is 15.8 Å². The Bertz CT molecular complexity index is 6090. The Morgan fingerprint density at radius 3 is 0.919 bits per heavy atom. The van der Waals surface area contributed by atoms with Crippen molar-refractivity contribution in [2.24, 2.45) is 17.6 Å². The quantitative estimate of drug-likeness (QED) is 0.0354. The molecule has 0 aliphatic rings. The van der Waals surface area contributed by atoms with Gasteiger partial charge in [0.05, 0.1) is 164 Å². The third kappa shape index (κ3) is 21.5. The second-order valence-corrected chi connectivity index (χ2v) is 32.4. The molecule has 9 heterocycles. The highest BCUT2D eigenvalue weighted by atomic mass is 32.1. The van der Waals surface area contributed by atoms with E-state index in [-0.39, 0.29) is 127 Å². The summed E-state index contributed by atoms with van der Waals surface area (Å²) in [5, 5.41) is 63.9. The number of Topliss-reactive ketones (excluding diaryl/α,β-unsaturated/α-hetero) is 2. The minimum Gasteiger partial charge on any atom is -0.496 e. The van der Waals surface area contributed by atoms with Crippen molar-refractivity contribution in [2.75, 3.05) is 41.2 Å². The molecule has 124 heavy (non-hydrogen) atoms. The maximum Gasteiger partial charge on any atom is 0.333 e. The molecular formula is C83H94F3N19O16S3. The highest BCUT2D eigenvalue weighted by Crippen LogP contribution is 2.39. The van der Waals surface area contributed by atoms with Gasteiger partial charge in [0.15, 0.2) is 11.6 Å². The number of methoxy groups -OCH3 is 3. The molecule has 2 unspecified atom stereocenters. The maximum absolute atomic E-state index is 14.4. The van der Waals surface area contributed by atoms with Crippen LogP contribution in [0.5, 0.6) is 17.2 Å². The number of nitrogens with zero attached hydrogens (tertiary/aromatic N) is 18. The molecule has 12 rings (SSSR count). The third-order valence-electron chi connectivity index (χ3n) is 19.4. The predicted molar refractivity (Wildman–Crippen MR) is 456 cm³/mol. The number of hydrogen-bond donors (Lipinski definition) is 2. The molecule has 0 saturated heterocycles. The average Bonchev–Trinajstić information content (AvgIpc) is 1.58. The van der Waals surface area contributed by atoms with E-state index in [4.69, 9.17) is 49.9 Å². The van der Waals surface area contributed by atoms with E-state index in [9.17, 15) is 61.4 Å². The minimum atomic E-state index is -1.47. The van der Waals surface area contributed by atoms with E-state index < -0.39 is 93.6 Å². The number of fused-ring (bicyclic) bond motifs is 3. The molecule has 0 saturated carbocycles. The number of aromatic nitrogens is 15. The highest BCUT2D eigenvalue weighted by Gasteiger charge is 2.34. The summed E-state index contributed by atoms with van der Waals surface area (Å²) in [6.45, 7) is 20.3. The molecule has 0 amide bonds. The van der Waals surface area contributed by atoms with Crippen LogP contribution in [-0.2, 0) is 48.2 Å². The Hall–Kier alpha value is -12.7. The van der Waals surface area contributed by atoms with Gasteiger partial charge in [-0.3, -0.25) is 37.7 Å². The van der Waals surface area contributed by atoms with Crippen LogP contribution in [0.1, 0.15) is 164 Å². The number of benzene rings is 3. The summed E-state index contributed by atoms with van der Waals surface area (Å²) in [6, 6.07) is 14.5. The lowest BCUT2D eigenvalue weighted by Crippen LogP contribution is -2.44.